The molecule has 20 heavy (non-hydrogen) atoms. The van der Waals surface area contributed by atoms with Crippen molar-refractivity contribution in [2.45, 2.75) is 30.3 Å². The van der Waals surface area contributed by atoms with Gasteiger partial charge in [-0.25, -0.2) is 0 Å². The van der Waals surface area contributed by atoms with E-state index in [1.54, 1.807) is 6.20 Å². The predicted molar refractivity (Wildman–Crippen MR) is 82.1 cm³/mol. The fourth-order valence-corrected chi connectivity index (χ4v) is 3.74. The van der Waals surface area contributed by atoms with Gasteiger partial charge in [0.15, 0.2) is 0 Å². The Labute approximate surface area is 127 Å². The minimum absolute atomic E-state index is 0.324. The normalized spacial score (nSPS) is 32.0. The number of halogens is 1. The molecule has 3 nitrogen and oxygen atoms in total. The van der Waals surface area contributed by atoms with E-state index in [0.717, 1.165) is 29.4 Å². The van der Waals surface area contributed by atoms with Crippen LogP contribution >= 0.6 is 15.9 Å². The summed E-state index contributed by atoms with van der Waals surface area (Å²) in [6.07, 6.45) is 11.6. The molecule has 2 atom stereocenters. The van der Waals surface area contributed by atoms with E-state index in [4.69, 9.17) is 0 Å². The maximum atomic E-state index is 9.81. The lowest BCUT2D eigenvalue weighted by Crippen LogP contribution is -2.49. The molecule has 3 rings (SSSR count). The fraction of sp³-hybridized carbons (Fsp3) is 0.375. The molecule has 0 N–H and O–H groups in total. The molecule has 1 saturated heterocycles. The third kappa shape index (κ3) is 2.11. The Bertz CT molecular complexity index is 586. The second-order valence-electron chi connectivity index (χ2n) is 5.50. The zero-order valence-corrected chi connectivity index (χ0v) is 12.8. The highest BCUT2D eigenvalue weighted by Gasteiger charge is 2.47. The van der Waals surface area contributed by atoms with Crippen LogP contribution in [0.2, 0.25) is 0 Å². The highest BCUT2D eigenvalue weighted by atomic mass is 79.9. The molecule has 4 heteroatoms. The number of fused-ring (bicyclic) bond motifs is 2. The highest BCUT2D eigenvalue weighted by Crippen LogP contribution is 2.44. The van der Waals surface area contributed by atoms with E-state index in [9.17, 15) is 5.26 Å². The van der Waals surface area contributed by atoms with Crippen molar-refractivity contribution in [3.63, 3.8) is 0 Å². The Kier molecular flexibility index (Phi) is 3.49. The SMILES string of the molecule is C=CCN1C2C=CC1CC(C#N)(c1cncc(Br)c1)C2. The van der Waals surface area contributed by atoms with Crippen LogP contribution in [0.5, 0.6) is 0 Å². The van der Waals surface area contributed by atoms with Gasteiger partial charge in [-0.3, -0.25) is 9.88 Å². The van der Waals surface area contributed by atoms with Crippen LogP contribution in [0.1, 0.15) is 18.4 Å². The second-order valence-corrected chi connectivity index (χ2v) is 6.41. The number of pyridine rings is 1. The molecule has 0 amide bonds. The zero-order chi connectivity index (χ0) is 14.2. The average molecular weight is 330 g/mol. The molecule has 0 radical (unpaired) electrons. The van der Waals surface area contributed by atoms with Gasteiger partial charge >= 0.3 is 0 Å². The summed E-state index contributed by atoms with van der Waals surface area (Å²) < 4.78 is 0.929. The van der Waals surface area contributed by atoms with E-state index in [1.807, 2.05) is 18.3 Å². The number of piperidine rings is 1. The standard InChI is InChI=1S/C16H16BrN3/c1-2-5-20-14-3-4-15(20)8-16(7-14,11-18)12-6-13(17)10-19-9-12/h2-4,6,9-10,14-15H,1,5,7-8H2. The van der Waals surface area contributed by atoms with Gasteiger partial charge in [-0.2, -0.15) is 5.26 Å². The second kappa shape index (κ2) is 5.16. The first-order chi connectivity index (χ1) is 9.68. The molecule has 2 unspecified atom stereocenters. The molecule has 1 aromatic heterocycles. The summed E-state index contributed by atoms with van der Waals surface area (Å²) in [4.78, 5) is 6.64. The van der Waals surface area contributed by atoms with Crippen LogP contribution in [0.3, 0.4) is 0 Å². The first-order valence-electron chi connectivity index (χ1n) is 6.76. The van der Waals surface area contributed by atoms with Crippen LogP contribution in [0.25, 0.3) is 0 Å². The van der Waals surface area contributed by atoms with Crippen molar-refractivity contribution < 1.29 is 0 Å². The molecule has 2 aliphatic rings. The molecule has 0 aliphatic carbocycles. The predicted octanol–water partition coefficient (Wildman–Crippen LogP) is 3.19. The molecule has 1 aromatic rings. The van der Waals surface area contributed by atoms with E-state index in [-0.39, 0.29) is 0 Å². The van der Waals surface area contributed by atoms with Crippen molar-refractivity contribution in [1.29, 1.82) is 5.26 Å². The Balaban J connectivity index is 1.94. The first-order valence-corrected chi connectivity index (χ1v) is 7.55. The fourth-order valence-electron chi connectivity index (χ4n) is 3.38. The van der Waals surface area contributed by atoms with Crippen molar-refractivity contribution in [1.82, 2.24) is 9.88 Å². The maximum absolute atomic E-state index is 9.81. The number of aromatic nitrogens is 1. The van der Waals surface area contributed by atoms with Gasteiger partial charge in [-0.1, -0.05) is 18.2 Å². The maximum Gasteiger partial charge on any atom is 0.0873 e. The molecular formula is C16H16BrN3. The molecule has 0 aromatic carbocycles. The minimum atomic E-state index is -0.437. The van der Waals surface area contributed by atoms with Gasteiger partial charge in [0.25, 0.3) is 0 Å². The highest BCUT2D eigenvalue weighted by molar-refractivity contribution is 9.10. The third-order valence-electron chi connectivity index (χ3n) is 4.33. The van der Waals surface area contributed by atoms with Gasteiger partial charge in [-0.05, 0) is 40.4 Å². The van der Waals surface area contributed by atoms with Crippen LogP contribution in [0.4, 0.5) is 0 Å². The first kappa shape index (κ1) is 13.5. The van der Waals surface area contributed by atoms with Crippen LogP contribution in [0, 0.1) is 11.3 Å². The van der Waals surface area contributed by atoms with Gasteiger partial charge in [-0.15, -0.1) is 6.58 Å². The third-order valence-corrected chi connectivity index (χ3v) is 4.77. The summed E-state index contributed by atoms with van der Waals surface area (Å²) >= 11 is 3.45. The van der Waals surface area contributed by atoms with Crippen LogP contribution in [-0.4, -0.2) is 28.5 Å². The van der Waals surface area contributed by atoms with E-state index < -0.39 is 5.41 Å². The van der Waals surface area contributed by atoms with Crippen LogP contribution in [-0.2, 0) is 5.41 Å². The van der Waals surface area contributed by atoms with Crippen molar-refractivity contribution in [2.75, 3.05) is 6.54 Å². The van der Waals surface area contributed by atoms with Crippen LogP contribution < -0.4 is 0 Å². The van der Waals surface area contributed by atoms with E-state index in [2.05, 4.69) is 50.6 Å². The summed E-state index contributed by atoms with van der Waals surface area (Å²) in [5, 5.41) is 9.81. The monoisotopic (exact) mass is 329 g/mol. The van der Waals surface area contributed by atoms with Crippen molar-refractivity contribution in [3.05, 3.63) is 53.3 Å². The summed E-state index contributed by atoms with van der Waals surface area (Å²) in [5.74, 6) is 0. The number of hydrogen-bond donors (Lipinski definition) is 0. The largest absolute Gasteiger partial charge is 0.287 e. The summed E-state index contributed by atoms with van der Waals surface area (Å²) in [7, 11) is 0. The Morgan fingerprint density at radius 3 is 2.70 bits per heavy atom. The Morgan fingerprint density at radius 2 is 2.15 bits per heavy atom. The van der Waals surface area contributed by atoms with Gasteiger partial charge in [0.1, 0.15) is 0 Å². The average Bonchev–Trinajstić information content (AvgIpc) is 2.71. The lowest BCUT2D eigenvalue weighted by molar-refractivity contribution is 0.133. The molecule has 2 bridgehead atoms. The molecule has 0 spiro atoms. The number of nitrogens with zero attached hydrogens (tertiary/aromatic N) is 3. The molecule has 0 saturated carbocycles. The summed E-state index contributed by atoms with van der Waals surface area (Å²) in [6, 6.07) is 5.25. The summed E-state index contributed by atoms with van der Waals surface area (Å²) in [5.41, 5.74) is 0.583. The van der Waals surface area contributed by atoms with Gasteiger partial charge in [0.05, 0.1) is 11.5 Å². The summed E-state index contributed by atoms with van der Waals surface area (Å²) in [6.45, 7) is 4.70. The molecule has 1 fully saturated rings. The van der Waals surface area contributed by atoms with Gasteiger partial charge in [0.2, 0.25) is 0 Å². The quantitative estimate of drug-likeness (QED) is 0.799. The van der Waals surface area contributed by atoms with Crippen molar-refractivity contribution in [2.24, 2.45) is 0 Å². The van der Waals surface area contributed by atoms with Gasteiger partial charge < -0.3 is 0 Å². The number of nitriles is 1. The Morgan fingerprint density at radius 1 is 1.45 bits per heavy atom. The van der Waals surface area contributed by atoms with Crippen molar-refractivity contribution >= 4 is 15.9 Å². The Hall–Kier alpha value is -1.44. The lowest BCUT2D eigenvalue weighted by atomic mass is 9.71. The zero-order valence-electron chi connectivity index (χ0n) is 11.2. The van der Waals surface area contributed by atoms with Crippen molar-refractivity contribution in [3.8, 4) is 6.07 Å². The minimum Gasteiger partial charge on any atom is -0.287 e. The van der Waals surface area contributed by atoms with E-state index in [1.165, 1.54) is 0 Å². The number of rotatable bonds is 3. The molecule has 3 heterocycles. The van der Waals surface area contributed by atoms with E-state index in [0.29, 0.717) is 12.1 Å². The topological polar surface area (TPSA) is 39.9 Å². The lowest BCUT2D eigenvalue weighted by Gasteiger charge is -2.43. The molecular weight excluding hydrogens is 314 g/mol. The number of hydrogen-bond acceptors (Lipinski definition) is 3. The molecule has 2 aliphatic heterocycles. The smallest absolute Gasteiger partial charge is 0.0873 e. The van der Waals surface area contributed by atoms with Gasteiger partial charge in [0, 0.05) is 35.5 Å². The van der Waals surface area contributed by atoms with E-state index >= 15 is 0 Å². The van der Waals surface area contributed by atoms with Crippen LogP contribution in [0.15, 0.2) is 47.7 Å². The molecule has 102 valence electrons.